The number of alkyl halides is 3. The summed E-state index contributed by atoms with van der Waals surface area (Å²) in [4.78, 5) is 26.8. The number of halogens is 3. The van der Waals surface area contributed by atoms with E-state index < -0.39 is 23.9 Å². The van der Waals surface area contributed by atoms with Crippen LogP contribution in [0.1, 0.15) is 5.56 Å². The minimum Gasteiger partial charge on any atom is -0.740 e. The van der Waals surface area contributed by atoms with Gasteiger partial charge in [-0.05, 0) is 54.6 Å². The second-order valence-corrected chi connectivity index (χ2v) is 8.35. The molecule has 0 unspecified atom stereocenters. The van der Waals surface area contributed by atoms with Gasteiger partial charge in [-0.1, -0.05) is 5.21 Å². The van der Waals surface area contributed by atoms with Crippen molar-refractivity contribution in [3.63, 3.8) is 0 Å². The average Bonchev–Trinajstić information content (AvgIpc) is 3.58. The number of benzene rings is 3. The normalized spacial score (nSPS) is 11.2. The van der Waals surface area contributed by atoms with Crippen molar-refractivity contribution in [3.8, 4) is 17.2 Å². The largest absolute Gasteiger partial charge is 0.740 e. The zero-order valence-corrected chi connectivity index (χ0v) is 20.9. The van der Waals surface area contributed by atoms with Crippen molar-refractivity contribution in [1.29, 1.82) is 0 Å². The quantitative estimate of drug-likeness (QED) is 0.165. The summed E-state index contributed by atoms with van der Waals surface area (Å²) in [6, 6.07) is 12.8. The van der Waals surface area contributed by atoms with E-state index in [4.69, 9.17) is 4.74 Å². The van der Waals surface area contributed by atoms with Crippen molar-refractivity contribution in [2.24, 2.45) is 0 Å². The molecule has 5 rings (SSSR count). The summed E-state index contributed by atoms with van der Waals surface area (Å²) in [6.45, 7) is 0. The smallest absolute Gasteiger partial charge is 0.476 e. The van der Waals surface area contributed by atoms with Crippen molar-refractivity contribution >= 4 is 40.5 Å². The van der Waals surface area contributed by atoms with Gasteiger partial charge in [0, 0.05) is 11.8 Å². The highest BCUT2D eigenvalue weighted by atomic mass is 19.4. The number of aromatic amines is 1. The topological polar surface area (TPSA) is 162 Å². The number of ether oxygens (including phenoxy) is 2. The predicted molar refractivity (Wildman–Crippen MR) is 139 cm³/mol. The van der Waals surface area contributed by atoms with Gasteiger partial charge in [0.2, 0.25) is 0 Å². The Morgan fingerprint density at radius 3 is 2.44 bits per heavy atom. The predicted octanol–water partition coefficient (Wildman–Crippen LogP) is 5.02. The van der Waals surface area contributed by atoms with Crippen LogP contribution in [0.3, 0.4) is 0 Å². The summed E-state index contributed by atoms with van der Waals surface area (Å²) >= 11 is 0. The number of nitrogens with zero attached hydrogens (tertiary/aromatic N) is 4. The standard InChI is InChI=1S/C25H19F3N8O5/c1-40-24(38)33-22-31-18-8-7-17(13-21(18)36(22)39)41-16-5-3-15(4-6-16)30-23(37)32-19-12-14(25(26,27)28)2-9-20(19)35-11-10-29-34-35/h2-13,31H,1H3,(H,33,38)(H2,30,32,37). The van der Waals surface area contributed by atoms with Crippen molar-refractivity contribution in [2.45, 2.75) is 6.18 Å². The maximum Gasteiger partial charge on any atom is 0.476 e. The Morgan fingerprint density at radius 1 is 1.00 bits per heavy atom. The molecule has 0 fully saturated rings. The summed E-state index contributed by atoms with van der Waals surface area (Å²) in [5.41, 5.74) is 0.0567. The van der Waals surface area contributed by atoms with Gasteiger partial charge in [0.25, 0.3) is 0 Å². The molecule has 3 amide bonds. The SMILES string of the molecule is COC(=O)Nc1[nH]c2ccc(Oc3ccc(NC(=O)Nc4cc(C(F)(F)F)ccc4-n4ccnn4)cc3)cc2[n+]1[O-]. The van der Waals surface area contributed by atoms with Gasteiger partial charge in [-0.25, -0.2) is 24.0 Å². The van der Waals surface area contributed by atoms with Crippen LogP contribution in [0.5, 0.6) is 11.5 Å². The number of methoxy groups -OCH3 is 1. The van der Waals surface area contributed by atoms with E-state index in [0.29, 0.717) is 27.4 Å². The molecular formula is C25H19F3N8O5. The van der Waals surface area contributed by atoms with Crippen molar-refractivity contribution in [1.82, 2.24) is 20.0 Å². The number of carbonyl (C=O) groups is 2. The maximum absolute atomic E-state index is 13.3. The molecule has 0 spiro atoms. The highest BCUT2D eigenvalue weighted by molar-refractivity contribution is 6.01. The third-order valence-electron chi connectivity index (χ3n) is 5.64. The Labute approximate surface area is 228 Å². The van der Waals surface area contributed by atoms with E-state index in [-0.39, 0.29) is 22.8 Å². The molecule has 0 aliphatic rings. The number of amides is 3. The fraction of sp³-hybridized carbons (Fsp3) is 0.0800. The van der Waals surface area contributed by atoms with Gasteiger partial charge in [0.05, 0.1) is 36.4 Å². The molecule has 4 N–H and O–H groups in total. The Balaban J connectivity index is 1.27. The average molecular weight is 568 g/mol. The van der Waals surface area contributed by atoms with Crippen LogP contribution in [0.25, 0.3) is 16.7 Å². The van der Waals surface area contributed by atoms with E-state index >= 15 is 0 Å². The number of anilines is 3. The second kappa shape index (κ2) is 10.8. The molecule has 0 bridgehead atoms. The van der Waals surface area contributed by atoms with Crippen molar-refractivity contribution < 1.29 is 37.0 Å². The van der Waals surface area contributed by atoms with Crippen molar-refractivity contribution in [3.05, 3.63) is 83.8 Å². The lowest BCUT2D eigenvalue weighted by atomic mass is 10.1. The number of fused-ring (bicyclic) bond motifs is 1. The van der Waals surface area contributed by atoms with Crippen LogP contribution >= 0.6 is 0 Å². The fourth-order valence-corrected chi connectivity index (χ4v) is 3.75. The lowest BCUT2D eigenvalue weighted by Crippen LogP contribution is -2.31. The number of nitrogens with one attached hydrogen (secondary N) is 4. The first-order valence-corrected chi connectivity index (χ1v) is 11.6. The first kappa shape index (κ1) is 26.8. The number of hydrogen-bond acceptors (Lipinski definition) is 7. The van der Waals surface area contributed by atoms with Gasteiger partial charge in [0.15, 0.2) is 0 Å². The molecule has 13 nitrogen and oxygen atoms in total. The first-order valence-electron chi connectivity index (χ1n) is 11.6. The minimum absolute atomic E-state index is 0.128. The van der Waals surface area contributed by atoms with E-state index in [1.54, 1.807) is 12.1 Å². The van der Waals surface area contributed by atoms with Crippen LogP contribution < -0.4 is 25.4 Å². The van der Waals surface area contributed by atoms with E-state index in [0.717, 1.165) is 12.1 Å². The van der Waals surface area contributed by atoms with E-state index in [1.165, 1.54) is 60.6 Å². The molecule has 0 radical (unpaired) electrons. The Morgan fingerprint density at radius 2 is 1.76 bits per heavy atom. The van der Waals surface area contributed by atoms with Crippen LogP contribution in [0.15, 0.2) is 73.1 Å². The third-order valence-corrected chi connectivity index (χ3v) is 5.64. The van der Waals surface area contributed by atoms with Crippen LogP contribution in [0, 0.1) is 5.21 Å². The summed E-state index contributed by atoms with van der Waals surface area (Å²) in [6.07, 6.45) is -2.66. The van der Waals surface area contributed by atoms with Gasteiger partial charge in [-0.2, -0.15) is 18.5 Å². The van der Waals surface area contributed by atoms with Crippen LogP contribution in [0.2, 0.25) is 0 Å². The van der Waals surface area contributed by atoms with E-state index in [2.05, 4.69) is 36.0 Å². The molecular weight excluding hydrogens is 549 g/mol. The molecule has 5 aromatic rings. The lowest BCUT2D eigenvalue weighted by Gasteiger charge is -2.15. The van der Waals surface area contributed by atoms with Crippen LogP contribution in [-0.4, -0.2) is 39.2 Å². The molecule has 0 aliphatic carbocycles. The summed E-state index contributed by atoms with van der Waals surface area (Å²) < 4.78 is 51.8. The van der Waals surface area contributed by atoms with Crippen LogP contribution in [0.4, 0.5) is 40.1 Å². The molecule has 41 heavy (non-hydrogen) atoms. The zero-order valence-electron chi connectivity index (χ0n) is 20.9. The number of hydrogen-bond donors (Lipinski definition) is 4. The van der Waals surface area contributed by atoms with Gasteiger partial charge in [-0.15, -0.1) is 5.10 Å². The number of urea groups is 1. The summed E-state index contributed by atoms with van der Waals surface area (Å²) in [7, 11) is 1.17. The number of aromatic nitrogens is 5. The summed E-state index contributed by atoms with van der Waals surface area (Å²) in [5, 5.41) is 27.1. The Bertz CT molecular complexity index is 1720. The Hall–Kier alpha value is -5.80. The number of H-pyrrole nitrogens is 1. The molecule has 0 atom stereocenters. The minimum atomic E-state index is -4.62. The molecule has 210 valence electrons. The monoisotopic (exact) mass is 568 g/mol. The molecule has 0 saturated carbocycles. The molecule has 16 heteroatoms. The number of imidazole rings is 1. The van der Waals surface area contributed by atoms with Gasteiger partial charge < -0.3 is 25.3 Å². The fourth-order valence-electron chi connectivity index (χ4n) is 3.75. The highest BCUT2D eigenvalue weighted by Gasteiger charge is 2.31. The number of carbonyl (C=O) groups excluding carboxylic acids is 2. The number of rotatable bonds is 6. The van der Waals surface area contributed by atoms with Crippen LogP contribution in [-0.2, 0) is 10.9 Å². The van der Waals surface area contributed by atoms with E-state index in [1.807, 2.05) is 0 Å². The van der Waals surface area contributed by atoms with Crippen molar-refractivity contribution in [2.75, 3.05) is 23.1 Å². The van der Waals surface area contributed by atoms with Gasteiger partial charge in [-0.3, -0.25) is 0 Å². The molecule has 2 aromatic heterocycles. The summed E-state index contributed by atoms with van der Waals surface area (Å²) in [5.74, 6) is 0.549. The zero-order chi connectivity index (χ0) is 29.1. The van der Waals surface area contributed by atoms with Gasteiger partial charge >= 0.3 is 24.2 Å². The second-order valence-electron chi connectivity index (χ2n) is 8.35. The molecule has 0 aliphatic heterocycles. The third kappa shape index (κ3) is 5.95. The maximum atomic E-state index is 13.3. The Kier molecular flexibility index (Phi) is 7.03. The van der Waals surface area contributed by atoms with E-state index in [9.17, 15) is 28.0 Å². The lowest BCUT2D eigenvalue weighted by molar-refractivity contribution is -0.560. The highest BCUT2D eigenvalue weighted by Crippen LogP contribution is 2.33. The molecule has 3 aromatic carbocycles. The van der Waals surface area contributed by atoms with Gasteiger partial charge in [0.1, 0.15) is 22.5 Å². The first-order chi connectivity index (χ1) is 19.6. The molecule has 0 saturated heterocycles. The molecule has 2 heterocycles.